The van der Waals surface area contributed by atoms with Crippen LogP contribution in [0.4, 0.5) is 5.69 Å². The smallest absolute Gasteiger partial charge is 0.143 e. The normalized spacial score (nSPS) is 9.56. The minimum atomic E-state index is 0.594. The first kappa shape index (κ1) is 12.3. The molecule has 1 aromatic rings. The minimum Gasteiger partial charge on any atom is -0.495 e. The SMILES string of the molecule is COCCCNc1c(C#N)cccc1OC. The van der Waals surface area contributed by atoms with E-state index in [2.05, 4.69) is 11.4 Å². The van der Waals surface area contributed by atoms with Gasteiger partial charge < -0.3 is 14.8 Å². The third kappa shape index (κ3) is 3.14. The Balaban J connectivity index is 2.72. The molecule has 0 spiro atoms. The highest BCUT2D eigenvalue weighted by molar-refractivity contribution is 5.66. The number of nitrogens with zero attached hydrogens (tertiary/aromatic N) is 1. The topological polar surface area (TPSA) is 54.3 Å². The molecule has 1 N–H and O–H groups in total. The Bertz CT molecular complexity index is 372. The van der Waals surface area contributed by atoms with Crippen LogP contribution in [0.2, 0.25) is 0 Å². The monoisotopic (exact) mass is 220 g/mol. The number of para-hydroxylation sites is 1. The van der Waals surface area contributed by atoms with Crippen molar-refractivity contribution in [3.63, 3.8) is 0 Å². The highest BCUT2D eigenvalue weighted by Gasteiger charge is 2.07. The molecule has 0 fully saturated rings. The van der Waals surface area contributed by atoms with E-state index < -0.39 is 0 Å². The van der Waals surface area contributed by atoms with E-state index in [1.807, 2.05) is 6.07 Å². The zero-order valence-corrected chi connectivity index (χ0v) is 9.62. The van der Waals surface area contributed by atoms with Gasteiger partial charge in [-0.15, -0.1) is 0 Å². The summed E-state index contributed by atoms with van der Waals surface area (Å²) in [5, 5.41) is 12.2. The molecule has 4 heteroatoms. The predicted molar refractivity (Wildman–Crippen MR) is 62.7 cm³/mol. The van der Waals surface area contributed by atoms with Crippen molar-refractivity contribution in [3.05, 3.63) is 23.8 Å². The van der Waals surface area contributed by atoms with Crippen LogP contribution in [0.3, 0.4) is 0 Å². The summed E-state index contributed by atoms with van der Waals surface area (Å²) in [5.41, 5.74) is 1.35. The van der Waals surface area contributed by atoms with E-state index in [-0.39, 0.29) is 0 Å². The molecule has 16 heavy (non-hydrogen) atoms. The molecular weight excluding hydrogens is 204 g/mol. The first-order chi connectivity index (χ1) is 7.83. The maximum Gasteiger partial charge on any atom is 0.143 e. The second-order valence-corrected chi connectivity index (χ2v) is 3.27. The van der Waals surface area contributed by atoms with E-state index in [4.69, 9.17) is 14.7 Å². The van der Waals surface area contributed by atoms with E-state index in [0.717, 1.165) is 18.7 Å². The second kappa shape index (κ2) is 6.70. The Kier molecular flexibility index (Phi) is 5.17. The number of hydrogen-bond donors (Lipinski definition) is 1. The summed E-state index contributed by atoms with van der Waals surface area (Å²) in [4.78, 5) is 0. The number of hydrogen-bond acceptors (Lipinski definition) is 4. The van der Waals surface area contributed by atoms with Crippen molar-refractivity contribution in [2.24, 2.45) is 0 Å². The molecule has 0 aliphatic rings. The van der Waals surface area contributed by atoms with Gasteiger partial charge in [0.2, 0.25) is 0 Å². The number of rotatable bonds is 6. The molecule has 4 nitrogen and oxygen atoms in total. The van der Waals surface area contributed by atoms with Gasteiger partial charge in [-0.1, -0.05) is 6.07 Å². The maximum absolute atomic E-state index is 8.97. The number of benzene rings is 1. The fourth-order valence-electron chi connectivity index (χ4n) is 1.41. The summed E-state index contributed by atoms with van der Waals surface area (Å²) >= 11 is 0. The van der Waals surface area contributed by atoms with E-state index in [1.54, 1.807) is 26.4 Å². The van der Waals surface area contributed by atoms with Gasteiger partial charge in [0.15, 0.2) is 0 Å². The zero-order chi connectivity index (χ0) is 11.8. The lowest BCUT2D eigenvalue weighted by Crippen LogP contribution is -2.07. The number of methoxy groups -OCH3 is 2. The largest absolute Gasteiger partial charge is 0.495 e. The van der Waals surface area contributed by atoms with Gasteiger partial charge in [-0.05, 0) is 18.6 Å². The summed E-state index contributed by atoms with van der Waals surface area (Å²) in [6.07, 6.45) is 0.888. The van der Waals surface area contributed by atoms with Gasteiger partial charge in [-0.3, -0.25) is 0 Å². The van der Waals surface area contributed by atoms with E-state index in [0.29, 0.717) is 17.9 Å². The van der Waals surface area contributed by atoms with Crippen LogP contribution in [0, 0.1) is 11.3 Å². The van der Waals surface area contributed by atoms with E-state index >= 15 is 0 Å². The molecule has 0 atom stereocenters. The molecule has 1 rings (SSSR count). The average Bonchev–Trinajstić information content (AvgIpc) is 2.34. The van der Waals surface area contributed by atoms with E-state index in [1.165, 1.54) is 0 Å². The van der Waals surface area contributed by atoms with Crippen molar-refractivity contribution in [3.8, 4) is 11.8 Å². The fourth-order valence-corrected chi connectivity index (χ4v) is 1.41. The van der Waals surface area contributed by atoms with Gasteiger partial charge in [0, 0.05) is 20.3 Å². The molecular formula is C12H16N2O2. The van der Waals surface area contributed by atoms with Crippen LogP contribution < -0.4 is 10.1 Å². The molecule has 0 radical (unpaired) electrons. The van der Waals surface area contributed by atoms with Crippen LogP contribution in [0.1, 0.15) is 12.0 Å². The molecule has 0 saturated carbocycles. The van der Waals surface area contributed by atoms with Crippen molar-refractivity contribution in [2.75, 3.05) is 32.7 Å². The Morgan fingerprint density at radius 1 is 1.38 bits per heavy atom. The summed E-state index contributed by atoms with van der Waals surface area (Å²) in [7, 11) is 3.26. The summed E-state index contributed by atoms with van der Waals surface area (Å²) < 4.78 is 10.2. The minimum absolute atomic E-state index is 0.594. The molecule has 0 aliphatic heterocycles. The van der Waals surface area contributed by atoms with Crippen LogP contribution in [0.25, 0.3) is 0 Å². The van der Waals surface area contributed by atoms with Gasteiger partial charge in [-0.25, -0.2) is 0 Å². The van der Waals surface area contributed by atoms with Gasteiger partial charge >= 0.3 is 0 Å². The molecule has 0 heterocycles. The first-order valence-electron chi connectivity index (χ1n) is 5.13. The Hall–Kier alpha value is -1.73. The van der Waals surface area contributed by atoms with Crippen molar-refractivity contribution >= 4 is 5.69 Å². The Morgan fingerprint density at radius 3 is 2.81 bits per heavy atom. The zero-order valence-electron chi connectivity index (χ0n) is 9.62. The molecule has 0 saturated heterocycles. The lowest BCUT2D eigenvalue weighted by molar-refractivity contribution is 0.197. The van der Waals surface area contributed by atoms with E-state index in [9.17, 15) is 0 Å². The van der Waals surface area contributed by atoms with Crippen molar-refractivity contribution < 1.29 is 9.47 Å². The van der Waals surface area contributed by atoms with Crippen LogP contribution in [-0.2, 0) is 4.74 Å². The maximum atomic E-state index is 8.97. The molecule has 0 amide bonds. The second-order valence-electron chi connectivity index (χ2n) is 3.27. The number of nitriles is 1. The molecule has 0 aliphatic carbocycles. The average molecular weight is 220 g/mol. The van der Waals surface area contributed by atoms with Crippen LogP contribution in [0.15, 0.2) is 18.2 Å². The van der Waals surface area contributed by atoms with Crippen molar-refractivity contribution in [2.45, 2.75) is 6.42 Å². The molecule has 86 valence electrons. The van der Waals surface area contributed by atoms with Crippen molar-refractivity contribution in [1.29, 1.82) is 5.26 Å². The molecule has 0 unspecified atom stereocenters. The highest BCUT2D eigenvalue weighted by Crippen LogP contribution is 2.27. The summed E-state index contributed by atoms with van der Waals surface area (Å²) in [5.74, 6) is 0.691. The van der Waals surface area contributed by atoms with Gasteiger partial charge in [0.1, 0.15) is 11.8 Å². The summed E-state index contributed by atoms with van der Waals surface area (Å²) in [6.45, 7) is 1.45. The quantitative estimate of drug-likeness (QED) is 0.745. The molecule has 0 bridgehead atoms. The predicted octanol–water partition coefficient (Wildman–Crippen LogP) is 2.02. The highest BCUT2D eigenvalue weighted by atomic mass is 16.5. The van der Waals surface area contributed by atoms with Crippen LogP contribution >= 0.6 is 0 Å². The number of anilines is 1. The lowest BCUT2D eigenvalue weighted by Gasteiger charge is -2.12. The van der Waals surface area contributed by atoms with Crippen molar-refractivity contribution in [1.82, 2.24) is 0 Å². The summed E-state index contributed by atoms with van der Waals surface area (Å²) in [6, 6.07) is 7.54. The molecule has 0 aromatic heterocycles. The number of ether oxygens (including phenoxy) is 2. The number of nitrogens with one attached hydrogen (secondary N) is 1. The van der Waals surface area contributed by atoms with Gasteiger partial charge in [0.05, 0.1) is 18.4 Å². The third-order valence-corrected chi connectivity index (χ3v) is 2.19. The fraction of sp³-hybridized carbons (Fsp3) is 0.417. The van der Waals surface area contributed by atoms with Gasteiger partial charge in [-0.2, -0.15) is 5.26 Å². The first-order valence-corrected chi connectivity index (χ1v) is 5.13. The Labute approximate surface area is 95.8 Å². The third-order valence-electron chi connectivity index (χ3n) is 2.19. The molecule has 1 aromatic carbocycles. The van der Waals surface area contributed by atoms with Gasteiger partial charge in [0.25, 0.3) is 0 Å². The van der Waals surface area contributed by atoms with Crippen LogP contribution in [-0.4, -0.2) is 27.4 Å². The van der Waals surface area contributed by atoms with Crippen LogP contribution in [0.5, 0.6) is 5.75 Å². The lowest BCUT2D eigenvalue weighted by atomic mass is 10.1. The Morgan fingerprint density at radius 2 is 2.19 bits per heavy atom. The standard InChI is InChI=1S/C12H16N2O2/c1-15-8-4-7-14-12-10(9-13)5-3-6-11(12)16-2/h3,5-6,14H,4,7-8H2,1-2H3.